The highest BCUT2D eigenvalue weighted by atomic mass is 32.1. The fourth-order valence-corrected chi connectivity index (χ4v) is 4.05. The number of nitrogens with zero attached hydrogens (tertiary/aromatic N) is 1. The zero-order chi connectivity index (χ0) is 16.5. The number of aryl methyl sites for hydroxylation is 2. The monoisotopic (exact) mass is 338 g/mol. The van der Waals surface area contributed by atoms with Crippen LogP contribution in [0.4, 0.5) is 0 Å². The molecule has 4 rings (SSSR count). The van der Waals surface area contributed by atoms with Crippen molar-refractivity contribution in [2.75, 3.05) is 0 Å². The molecule has 1 aromatic carbocycles. The molecule has 0 fully saturated rings. The zero-order valence-corrected chi connectivity index (χ0v) is 14.2. The molecule has 0 bridgehead atoms. The molecule has 1 N–H and O–H groups in total. The van der Waals surface area contributed by atoms with Gasteiger partial charge in [-0.2, -0.15) is 0 Å². The van der Waals surface area contributed by atoms with E-state index >= 15 is 0 Å². The third-order valence-corrected chi connectivity index (χ3v) is 5.38. The van der Waals surface area contributed by atoms with Gasteiger partial charge in [-0.3, -0.25) is 4.79 Å². The van der Waals surface area contributed by atoms with Crippen molar-refractivity contribution in [3.63, 3.8) is 0 Å². The number of thiophene rings is 1. The molecule has 3 aromatic rings. The second-order valence-corrected chi connectivity index (χ2v) is 7.01. The summed E-state index contributed by atoms with van der Waals surface area (Å²) in [4.78, 5) is 13.8. The fraction of sp³-hybridized carbons (Fsp3) is 0.263. The van der Waals surface area contributed by atoms with Crippen LogP contribution in [0.3, 0.4) is 0 Å². The first kappa shape index (κ1) is 15.1. The van der Waals surface area contributed by atoms with Crippen molar-refractivity contribution in [1.29, 1.82) is 0 Å². The van der Waals surface area contributed by atoms with Gasteiger partial charge in [-0.25, -0.2) is 0 Å². The summed E-state index contributed by atoms with van der Waals surface area (Å²) in [6.07, 6.45) is 3.12. The average molecular weight is 338 g/mol. The van der Waals surface area contributed by atoms with Gasteiger partial charge in [-0.05, 0) is 48.8 Å². The molecule has 4 nitrogen and oxygen atoms in total. The Morgan fingerprint density at radius 3 is 3.00 bits per heavy atom. The van der Waals surface area contributed by atoms with Crippen LogP contribution in [-0.2, 0) is 6.42 Å². The molecule has 0 saturated carbocycles. The van der Waals surface area contributed by atoms with E-state index in [9.17, 15) is 4.79 Å². The molecule has 2 aromatic heterocycles. The molecule has 1 atom stereocenters. The van der Waals surface area contributed by atoms with Crippen molar-refractivity contribution in [1.82, 2.24) is 10.5 Å². The molecular weight excluding hydrogens is 320 g/mol. The maximum absolute atomic E-state index is 12.9. The van der Waals surface area contributed by atoms with Crippen LogP contribution < -0.4 is 5.32 Å². The number of rotatable bonds is 3. The van der Waals surface area contributed by atoms with Crippen LogP contribution in [0.1, 0.15) is 46.1 Å². The molecule has 0 spiro atoms. The largest absolute Gasteiger partial charge is 0.354 e. The minimum Gasteiger partial charge on any atom is -0.354 e. The lowest BCUT2D eigenvalue weighted by atomic mass is 9.87. The molecule has 1 aliphatic rings. The summed E-state index contributed by atoms with van der Waals surface area (Å²) in [6.45, 7) is 1.81. The van der Waals surface area contributed by atoms with Crippen LogP contribution in [-0.4, -0.2) is 11.1 Å². The first-order valence-electron chi connectivity index (χ1n) is 8.13. The van der Waals surface area contributed by atoms with Crippen LogP contribution in [0.5, 0.6) is 0 Å². The van der Waals surface area contributed by atoms with Gasteiger partial charge < -0.3 is 9.84 Å². The van der Waals surface area contributed by atoms with Gasteiger partial charge in [0.25, 0.3) is 5.91 Å². The molecule has 2 heterocycles. The van der Waals surface area contributed by atoms with Crippen molar-refractivity contribution < 1.29 is 9.32 Å². The molecule has 0 aliphatic heterocycles. The molecular formula is C19H18N2O2S. The Kier molecular flexibility index (Phi) is 3.94. The smallest absolute Gasteiger partial charge is 0.257 e. The van der Waals surface area contributed by atoms with Gasteiger partial charge in [0.15, 0.2) is 5.76 Å². The number of hydrogen-bond donors (Lipinski definition) is 1. The number of nitrogens with one attached hydrogen (secondary N) is 1. The first-order chi connectivity index (χ1) is 11.7. The summed E-state index contributed by atoms with van der Waals surface area (Å²) in [6, 6.07) is 12.3. The van der Waals surface area contributed by atoms with E-state index < -0.39 is 0 Å². The van der Waals surface area contributed by atoms with Crippen molar-refractivity contribution in [3.05, 3.63) is 64.2 Å². The van der Waals surface area contributed by atoms with Gasteiger partial charge >= 0.3 is 0 Å². The minimum absolute atomic E-state index is 0.0490. The number of carbonyl (C=O) groups is 1. The van der Waals surface area contributed by atoms with E-state index in [0.717, 1.165) is 24.1 Å². The normalized spacial score (nSPS) is 16.6. The summed E-state index contributed by atoms with van der Waals surface area (Å²) in [7, 11) is 0. The Labute approximate surface area is 144 Å². The van der Waals surface area contributed by atoms with E-state index in [1.165, 1.54) is 11.1 Å². The molecule has 1 amide bonds. The minimum atomic E-state index is -0.112. The second-order valence-electron chi connectivity index (χ2n) is 6.07. The van der Waals surface area contributed by atoms with Gasteiger partial charge in [-0.15, -0.1) is 11.3 Å². The molecule has 0 saturated heterocycles. The van der Waals surface area contributed by atoms with Crippen LogP contribution in [0.15, 0.2) is 46.3 Å². The zero-order valence-electron chi connectivity index (χ0n) is 13.4. The van der Waals surface area contributed by atoms with Crippen molar-refractivity contribution in [3.8, 4) is 10.6 Å². The highest BCUT2D eigenvalue weighted by Gasteiger charge is 2.27. The third kappa shape index (κ3) is 2.65. The van der Waals surface area contributed by atoms with E-state index in [2.05, 4.69) is 28.7 Å². The molecule has 122 valence electrons. The second kappa shape index (κ2) is 6.24. The summed E-state index contributed by atoms with van der Waals surface area (Å²) >= 11 is 1.54. The summed E-state index contributed by atoms with van der Waals surface area (Å²) in [5.74, 6) is 0.447. The fourth-order valence-electron chi connectivity index (χ4n) is 3.35. The predicted molar refractivity (Wildman–Crippen MR) is 94.1 cm³/mol. The average Bonchev–Trinajstić information content (AvgIpc) is 3.24. The van der Waals surface area contributed by atoms with Crippen LogP contribution in [0.25, 0.3) is 10.6 Å². The highest BCUT2D eigenvalue weighted by molar-refractivity contribution is 7.13. The van der Waals surface area contributed by atoms with Gasteiger partial charge in [0.2, 0.25) is 0 Å². The van der Waals surface area contributed by atoms with Gasteiger partial charge in [0, 0.05) is 0 Å². The van der Waals surface area contributed by atoms with Crippen molar-refractivity contribution >= 4 is 17.2 Å². The highest BCUT2D eigenvalue weighted by Crippen LogP contribution is 2.32. The lowest BCUT2D eigenvalue weighted by molar-refractivity contribution is 0.0932. The van der Waals surface area contributed by atoms with Crippen LogP contribution >= 0.6 is 11.3 Å². The van der Waals surface area contributed by atoms with E-state index in [-0.39, 0.29) is 11.9 Å². The number of hydrogen-bond acceptors (Lipinski definition) is 4. The Morgan fingerprint density at radius 1 is 1.29 bits per heavy atom. The lowest BCUT2D eigenvalue weighted by Crippen LogP contribution is -2.31. The van der Waals surface area contributed by atoms with Crippen molar-refractivity contribution in [2.45, 2.75) is 32.2 Å². The molecule has 1 aliphatic carbocycles. The summed E-state index contributed by atoms with van der Waals surface area (Å²) < 4.78 is 5.42. The molecule has 0 radical (unpaired) electrons. The number of benzene rings is 1. The molecule has 5 heteroatoms. The van der Waals surface area contributed by atoms with E-state index in [1.54, 1.807) is 11.3 Å². The quantitative estimate of drug-likeness (QED) is 0.764. The predicted octanol–water partition coefficient (Wildman–Crippen LogP) is 4.52. The Bertz CT molecular complexity index is 867. The standard InChI is InChI=1S/C19H18N2O2S/c1-12-17(18(23-21-12)16-10-5-11-24-16)19(22)20-15-9-4-7-13-6-2-3-8-14(13)15/h2-3,5-6,8,10-11,15H,4,7,9H2,1H3,(H,20,22)/t15-/m1/s1. The topological polar surface area (TPSA) is 55.1 Å². The molecule has 24 heavy (non-hydrogen) atoms. The van der Waals surface area contributed by atoms with Gasteiger partial charge in [0.1, 0.15) is 5.56 Å². The van der Waals surface area contributed by atoms with Gasteiger partial charge in [0.05, 0.1) is 16.6 Å². The maximum Gasteiger partial charge on any atom is 0.257 e. The number of aromatic nitrogens is 1. The maximum atomic E-state index is 12.9. The summed E-state index contributed by atoms with van der Waals surface area (Å²) in [5, 5.41) is 9.15. The summed E-state index contributed by atoms with van der Waals surface area (Å²) in [5.41, 5.74) is 3.72. The Balaban J connectivity index is 1.64. The third-order valence-electron chi connectivity index (χ3n) is 4.51. The first-order valence-corrected chi connectivity index (χ1v) is 9.01. The van der Waals surface area contributed by atoms with E-state index in [0.29, 0.717) is 17.0 Å². The number of fused-ring (bicyclic) bond motifs is 1. The van der Waals surface area contributed by atoms with E-state index in [4.69, 9.17) is 4.52 Å². The SMILES string of the molecule is Cc1noc(-c2cccs2)c1C(=O)N[C@@H]1CCCc2ccccc21. The van der Waals surface area contributed by atoms with Gasteiger partial charge in [-0.1, -0.05) is 35.5 Å². The number of carbonyl (C=O) groups excluding carboxylic acids is 1. The van der Waals surface area contributed by atoms with Crippen LogP contribution in [0.2, 0.25) is 0 Å². The van der Waals surface area contributed by atoms with Crippen molar-refractivity contribution in [2.24, 2.45) is 0 Å². The molecule has 0 unspecified atom stereocenters. The number of amides is 1. The van der Waals surface area contributed by atoms with Crippen LogP contribution in [0, 0.1) is 6.92 Å². The van der Waals surface area contributed by atoms with E-state index in [1.807, 2.05) is 30.5 Å². The Hall–Kier alpha value is -2.40. The lowest BCUT2D eigenvalue weighted by Gasteiger charge is -2.26. The Morgan fingerprint density at radius 2 is 2.17 bits per heavy atom.